The van der Waals surface area contributed by atoms with Crippen molar-refractivity contribution in [3.63, 3.8) is 0 Å². The number of aryl methyl sites for hydroxylation is 1. The molecule has 0 fully saturated rings. The van der Waals surface area contributed by atoms with Gasteiger partial charge in [-0.25, -0.2) is 0 Å². The van der Waals surface area contributed by atoms with Crippen LogP contribution < -0.4 is 10.6 Å². The van der Waals surface area contributed by atoms with E-state index in [9.17, 15) is 0 Å². The molecule has 0 atom stereocenters. The summed E-state index contributed by atoms with van der Waals surface area (Å²) in [6, 6.07) is 0. The number of aliphatic imine (C=N–C) groups is 1. The third-order valence-electron chi connectivity index (χ3n) is 2.43. The van der Waals surface area contributed by atoms with E-state index in [4.69, 9.17) is 4.74 Å². The summed E-state index contributed by atoms with van der Waals surface area (Å²) in [5, 5.41) is 10.6. The van der Waals surface area contributed by atoms with Gasteiger partial charge in [0.15, 0.2) is 5.96 Å². The summed E-state index contributed by atoms with van der Waals surface area (Å²) in [5.41, 5.74) is 1.22. The molecule has 0 radical (unpaired) electrons. The van der Waals surface area contributed by atoms with Crippen molar-refractivity contribution in [2.75, 3.05) is 33.4 Å². The van der Waals surface area contributed by atoms with Crippen molar-refractivity contribution >= 4 is 5.96 Å². The van der Waals surface area contributed by atoms with Crippen molar-refractivity contribution in [2.45, 2.75) is 13.3 Å². The van der Waals surface area contributed by atoms with Gasteiger partial charge in [0, 0.05) is 40.0 Å². The van der Waals surface area contributed by atoms with Gasteiger partial charge in [-0.3, -0.25) is 9.67 Å². The molecule has 0 aliphatic carbocycles. The average molecular weight is 253 g/mol. The highest BCUT2D eigenvalue weighted by Gasteiger charge is 1.98. The van der Waals surface area contributed by atoms with Gasteiger partial charge in [-0.15, -0.1) is 0 Å². The lowest BCUT2D eigenvalue weighted by atomic mass is 10.2. The van der Waals surface area contributed by atoms with Crippen molar-refractivity contribution in [3.05, 3.63) is 18.0 Å². The minimum Gasteiger partial charge on any atom is -0.380 e. The van der Waals surface area contributed by atoms with E-state index in [0.29, 0.717) is 6.61 Å². The van der Waals surface area contributed by atoms with E-state index in [1.807, 2.05) is 31.0 Å². The monoisotopic (exact) mass is 253 g/mol. The number of hydrogen-bond donors (Lipinski definition) is 2. The Hall–Kier alpha value is -1.56. The zero-order valence-corrected chi connectivity index (χ0v) is 11.4. The molecule has 0 saturated heterocycles. The molecule has 0 aliphatic heterocycles. The molecule has 6 nitrogen and oxygen atoms in total. The van der Waals surface area contributed by atoms with Crippen LogP contribution >= 0.6 is 0 Å². The first kappa shape index (κ1) is 14.5. The normalized spacial score (nSPS) is 11.6. The summed E-state index contributed by atoms with van der Waals surface area (Å²) in [6.07, 6.45) is 4.83. The minimum atomic E-state index is 0.694. The van der Waals surface area contributed by atoms with Gasteiger partial charge in [0.25, 0.3) is 0 Å². The number of ether oxygens (including phenoxy) is 1. The minimum absolute atomic E-state index is 0.694. The Morgan fingerprint density at radius 1 is 1.44 bits per heavy atom. The fraction of sp³-hybridized carbons (Fsp3) is 0.667. The van der Waals surface area contributed by atoms with Crippen LogP contribution in [0.1, 0.15) is 12.5 Å². The molecule has 102 valence electrons. The summed E-state index contributed by atoms with van der Waals surface area (Å²) >= 11 is 0. The molecule has 1 rings (SSSR count). The van der Waals surface area contributed by atoms with Gasteiger partial charge in [-0.1, -0.05) is 0 Å². The van der Waals surface area contributed by atoms with E-state index < -0.39 is 0 Å². The Morgan fingerprint density at radius 2 is 2.22 bits per heavy atom. The maximum atomic E-state index is 5.25. The summed E-state index contributed by atoms with van der Waals surface area (Å²) in [7, 11) is 3.69. The lowest BCUT2D eigenvalue weighted by Crippen LogP contribution is -2.39. The lowest BCUT2D eigenvalue weighted by molar-refractivity contribution is 0.152. The van der Waals surface area contributed by atoms with Gasteiger partial charge >= 0.3 is 0 Å². The zero-order valence-electron chi connectivity index (χ0n) is 11.4. The van der Waals surface area contributed by atoms with Crippen LogP contribution in [-0.2, 0) is 18.2 Å². The highest BCUT2D eigenvalue weighted by molar-refractivity contribution is 5.79. The van der Waals surface area contributed by atoms with E-state index >= 15 is 0 Å². The Morgan fingerprint density at radius 3 is 2.83 bits per heavy atom. The number of nitrogens with zero attached hydrogens (tertiary/aromatic N) is 3. The third-order valence-corrected chi connectivity index (χ3v) is 2.43. The van der Waals surface area contributed by atoms with Crippen molar-refractivity contribution in [2.24, 2.45) is 12.0 Å². The number of rotatable bonds is 7. The molecule has 0 saturated carbocycles. The fourth-order valence-electron chi connectivity index (χ4n) is 1.53. The van der Waals surface area contributed by atoms with Gasteiger partial charge in [-0.2, -0.15) is 5.10 Å². The number of hydrogen-bond acceptors (Lipinski definition) is 3. The molecule has 2 N–H and O–H groups in total. The van der Waals surface area contributed by atoms with Crippen LogP contribution in [0, 0.1) is 0 Å². The highest BCUT2D eigenvalue weighted by atomic mass is 16.5. The second kappa shape index (κ2) is 8.52. The van der Waals surface area contributed by atoms with Crippen LogP contribution in [0.15, 0.2) is 17.4 Å². The first-order chi connectivity index (χ1) is 8.76. The van der Waals surface area contributed by atoms with E-state index in [0.717, 1.165) is 32.1 Å². The molecule has 1 heterocycles. The van der Waals surface area contributed by atoms with E-state index in [1.54, 1.807) is 7.05 Å². The SMILES string of the molecule is CCOCCNC(=NC)NCCc1cnn(C)c1. The Balaban J connectivity index is 2.15. The van der Waals surface area contributed by atoms with Gasteiger partial charge < -0.3 is 15.4 Å². The molecule has 0 aliphatic rings. The van der Waals surface area contributed by atoms with E-state index in [1.165, 1.54) is 5.56 Å². The Labute approximate surface area is 108 Å². The number of nitrogens with one attached hydrogen (secondary N) is 2. The van der Waals surface area contributed by atoms with Crippen LogP contribution in [0.3, 0.4) is 0 Å². The van der Waals surface area contributed by atoms with Crippen LogP contribution in [0.2, 0.25) is 0 Å². The van der Waals surface area contributed by atoms with Crippen LogP contribution in [0.25, 0.3) is 0 Å². The van der Waals surface area contributed by atoms with Crippen molar-refractivity contribution in [1.29, 1.82) is 0 Å². The molecule has 0 aromatic carbocycles. The van der Waals surface area contributed by atoms with Crippen molar-refractivity contribution in [1.82, 2.24) is 20.4 Å². The fourth-order valence-corrected chi connectivity index (χ4v) is 1.53. The maximum absolute atomic E-state index is 5.25. The average Bonchev–Trinajstić information content (AvgIpc) is 2.78. The summed E-state index contributed by atoms with van der Waals surface area (Å²) in [6.45, 7) is 5.02. The molecule has 1 aromatic rings. The van der Waals surface area contributed by atoms with E-state index in [-0.39, 0.29) is 0 Å². The van der Waals surface area contributed by atoms with Gasteiger partial charge in [-0.05, 0) is 18.9 Å². The van der Waals surface area contributed by atoms with Crippen LogP contribution in [-0.4, -0.2) is 49.1 Å². The molecule has 0 spiro atoms. The Kier molecular flexibility index (Phi) is 6.86. The maximum Gasteiger partial charge on any atom is 0.191 e. The zero-order chi connectivity index (χ0) is 13.2. The first-order valence-electron chi connectivity index (χ1n) is 6.26. The molecule has 0 bridgehead atoms. The predicted octanol–water partition coefficient (Wildman–Crippen LogP) is 0.164. The topological polar surface area (TPSA) is 63.5 Å². The quantitative estimate of drug-likeness (QED) is 0.413. The summed E-state index contributed by atoms with van der Waals surface area (Å²) in [5.74, 6) is 0.804. The number of aromatic nitrogens is 2. The first-order valence-corrected chi connectivity index (χ1v) is 6.26. The molecular formula is C12H23N5O. The van der Waals surface area contributed by atoms with Gasteiger partial charge in [0.2, 0.25) is 0 Å². The molecule has 0 unspecified atom stereocenters. The molecule has 18 heavy (non-hydrogen) atoms. The molecule has 1 aromatic heterocycles. The summed E-state index contributed by atoms with van der Waals surface area (Å²) < 4.78 is 7.06. The van der Waals surface area contributed by atoms with Crippen LogP contribution in [0.5, 0.6) is 0 Å². The summed E-state index contributed by atoms with van der Waals surface area (Å²) in [4.78, 5) is 4.14. The van der Waals surface area contributed by atoms with Crippen LogP contribution in [0.4, 0.5) is 0 Å². The van der Waals surface area contributed by atoms with Crippen molar-refractivity contribution < 1.29 is 4.74 Å². The second-order valence-electron chi connectivity index (χ2n) is 3.89. The predicted molar refractivity (Wildman–Crippen MR) is 72.8 cm³/mol. The standard InChI is InChI=1S/C12H23N5O/c1-4-18-8-7-15-12(13-2)14-6-5-11-9-16-17(3)10-11/h9-10H,4-8H2,1-3H3,(H2,13,14,15). The molecule has 0 amide bonds. The molecular weight excluding hydrogens is 230 g/mol. The third kappa shape index (κ3) is 5.67. The highest BCUT2D eigenvalue weighted by Crippen LogP contribution is 1.95. The Bertz CT molecular complexity index is 361. The number of guanidine groups is 1. The largest absolute Gasteiger partial charge is 0.380 e. The van der Waals surface area contributed by atoms with E-state index in [2.05, 4.69) is 20.7 Å². The molecule has 6 heteroatoms. The van der Waals surface area contributed by atoms with Gasteiger partial charge in [0.05, 0.1) is 12.8 Å². The van der Waals surface area contributed by atoms with Crippen molar-refractivity contribution in [3.8, 4) is 0 Å². The second-order valence-corrected chi connectivity index (χ2v) is 3.89. The smallest absolute Gasteiger partial charge is 0.191 e. The lowest BCUT2D eigenvalue weighted by Gasteiger charge is -2.11. The van der Waals surface area contributed by atoms with Gasteiger partial charge in [0.1, 0.15) is 0 Å².